The molecule has 7 nitrogen and oxygen atoms in total. The molecule has 1 aromatic heterocycles. The molecule has 0 bridgehead atoms. The summed E-state index contributed by atoms with van der Waals surface area (Å²) in [7, 11) is 4.01. The first kappa shape index (κ1) is 22.4. The Morgan fingerprint density at radius 2 is 1.79 bits per heavy atom. The number of rotatable bonds is 6. The predicted octanol–water partition coefficient (Wildman–Crippen LogP) is 4.87. The van der Waals surface area contributed by atoms with E-state index in [9.17, 15) is 9.59 Å². The van der Waals surface area contributed by atoms with Crippen LogP contribution in [0.1, 0.15) is 23.0 Å². The van der Waals surface area contributed by atoms with Gasteiger partial charge in [-0.15, -0.1) is 0 Å². The topological polar surface area (TPSA) is 78.1 Å². The molecule has 33 heavy (non-hydrogen) atoms. The minimum Gasteiger partial charge on any atom is -0.478 e. The van der Waals surface area contributed by atoms with Crippen LogP contribution in [0.3, 0.4) is 0 Å². The minimum atomic E-state index is -0.987. The third-order valence-electron chi connectivity index (χ3n) is 5.25. The summed E-state index contributed by atoms with van der Waals surface area (Å²) in [6, 6.07) is 18.4. The van der Waals surface area contributed by atoms with E-state index < -0.39 is 5.97 Å². The Bertz CT molecular complexity index is 1240. The molecular weight excluding hydrogens is 436 g/mol. The zero-order chi connectivity index (χ0) is 23.5. The highest BCUT2D eigenvalue weighted by molar-refractivity contribution is 8.18. The fourth-order valence-corrected chi connectivity index (χ4v) is 4.50. The molecular formula is C25H24N4O3S. The van der Waals surface area contributed by atoms with Crippen LogP contribution < -0.4 is 4.90 Å². The molecule has 0 radical (unpaired) electrons. The molecule has 0 saturated carbocycles. The van der Waals surface area contributed by atoms with E-state index in [-0.39, 0.29) is 11.5 Å². The van der Waals surface area contributed by atoms with Crippen molar-refractivity contribution in [3.63, 3.8) is 0 Å². The molecule has 8 heteroatoms. The van der Waals surface area contributed by atoms with Crippen molar-refractivity contribution in [3.8, 4) is 5.69 Å². The van der Waals surface area contributed by atoms with Gasteiger partial charge in [0.15, 0.2) is 5.17 Å². The standard InChI is InChI=1S/C25H24N4O3S/c1-4-28-23(30)22(33-25(28)26-18-9-7-17(8-10-18)24(31)32)16-21-6-5-15-29(21)20-13-11-19(12-14-20)27(2)3/h5-16H,4H2,1-3H3,(H,31,32)/b22-16-,26-25?. The normalized spacial score (nSPS) is 16.1. The van der Waals surface area contributed by atoms with Crippen LogP contribution >= 0.6 is 11.8 Å². The fourth-order valence-electron chi connectivity index (χ4n) is 3.45. The Kier molecular flexibility index (Phi) is 6.37. The van der Waals surface area contributed by atoms with Gasteiger partial charge in [-0.2, -0.15) is 0 Å². The van der Waals surface area contributed by atoms with E-state index in [1.165, 1.54) is 23.9 Å². The quantitative estimate of drug-likeness (QED) is 0.531. The number of hydrogen-bond acceptors (Lipinski definition) is 5. The molecule has 3 aromatic rings. The molecule has 1 N–H and O–H groups in total. The van der Waals surface area contributed by atoms with Gasteiger partial charge in [0, 0.05) is 43.9 Å². The van der Waals surface area contributed by atoms with Gasteiger partial charge in [-0.25, -0.2) is 9.79 Å². The van der Waals surface area contributed by atoms with Crippen LogP contribution in [0.25, 0.3) is 11.8 Å². The number of likely N-dealkylation sites (N-methyl/N-ethyl adjacent to an activating group) is 1. The number of aromatic nitrogens is 1. The van der Waals surface area contributed by atoms with E-state index in [2.05, 4.69) is 17.1 Å². The van der Waals surface area contributed by atoms with E-state index in [4.69, 9.17) is 5.11 Å². The van der Waals surface area contributed by atoms with Crippen LogP contribution in [0.15, 0.2) is 76.8 Å². The minimum absolute atomic E-state index is 0.0980. The monoisotopic (exact) mass is 460 g/mol. The number of carboxylic acids is 1. The van der Waals surface area contributed by atoms with Gasteiger partial charge in [-0.05, 0) is 85.4 Å². The van der Waals surface area contributed by atoms with Crippen molar-refractivity contribution in [1.82, 2.24) is 9.47 Å². The van der Waals surface area contributed by atoms with Crippen molar-refractivity contribution in [1.29, 1.82) is 0 Å². The van der Waals surface area contributed by atoms with Crippen molar-refractivity contribution < 1.29 is 14.7 Å². The highest BCUT2D eigenvalue weighted by Gasteiger charge is 2.32. The van der Waals surface area contributed by atoms with Crippen LogP contribution in [0, 0.1) is 0 Å². The Labute approximate surface area is 196 Å². The third-order valence-corrected chi connectivity index (χ3v) is 6.25. The van der Waals surface area contributed by atoms with E-state index in [1.807, 2.05) is 67.0 Å². The molecule has 1 fully saturated rings. The molecule has 1 aliphatic rings. The van der Waals surface area contributed by atoms with Crippen molar-refractivity contribution in [3.05, 3.63) is 83.0 Å². The Hall–Kier alpha value is -3.78. The molecule has 4 rings (SSSR count). The number of thioether (sulfide) groups is 1. The summed E-state index contributed by atoms with van der Waals surface area (Å²) in [5.41, 5.74) is 3.81. The average Bonchev–Trinajstić information content (AvgIpc) is 3.38. The molecule has 1 aliphatic heterocycles. The number of amidine groups is 1. The number of hydrogen-bond donors (Lipinski definition) is 1. The van der Waals surface area contributed by atoms with Gasteiger partial charge < -0.3 is 14.6 Å². The molecule has 1 saturated heterocycles. The molecule has 2 aromatic carbocycles. The summed E-state index contributed by atoms with van der Waals surface area (Å²) in [6.07, 6.45) is 3.85. The van der Waals surface area contributed by atoms with Crippen LogP contribution in [0.4, 0.5) is 11.4 Å². The number of aromatic carboxylic acids is 1. The maximum atomic E-state index is 13.0. The molecule has 0 spiro atoms. The van der Waals surface area contributed by atoms with Gasteiger partial charge in [0.25, 0.3) is 5.91 Å². The first-order chi connectivity index (χ1) is 15.9. The number of anilines is 1. The Balaban J connectivity index is 1.63. The number of carboxylic acid groups (broad SMARTS) is 1. The second kappa shape index (κ2) is 9.38. The molecule has 0 atom stereocenters. The largest absolute Gasteiger partial charge is 0.478 e. The van der Waals surface area contributed by atoms with Crippen LogP contribution in [-0.4, -0.2) is 52.3 Å². The number of benzene rings is 2. The number of aliphatic imine (C=N–C) groups is 1. The second-order valence-corrected chi connectivity index (χ2v) is 8.63. The first-order valence-electron chi connectivity index (χ1n) is 10.5. The lowest BCUT2D eigenvalue weighted by Crippen LogP contribution is -2.28. The number of carbonyl (C=O) groups excluding carboxylic acids is 1. The van der Waals surface area contributed by atoms with Crippen molar-refractivity contribution >= 4 is 46.3 Å². The van der Waals surface area contributed by atoms with E-state index in [0.29, 0.717) is 22.3 Å². The fraction of sp³-hybridized carbons (Fsp3) is 0.160. The zero-order valence-corrected chi connectivity index (χ0v) is 19.4. The van der Waals surface area contributed by atoms with Gasteiger partial charge in [0.1, 0.15) is 0 Å². The summed E-state index contributed by atoms with van der Waals surface area (Å²) in [5.74, 6) is -1.08. The lowest BCUT2D eigenvalue weighted by Gasteiger charge is -2.14. The van der Waals surface area contributed by atoms with Crippen molar-refractivity contribution in [2.24, 2.45) is 4.99 Å². The van der Waals surface area contributed by atoms with Crippen LogP contribution in [-0.2, 0) is 4.79 Å². The highest BCUT2D eigenvalue weighted by Crippen LogP contribution is 2.34. The summed E-state index contributed by atoms with van der Waals surface area (Å²) >= 11 is 1.32. The van der Waals surface area contributed by atoms with E-state index in [0.717, 1.165) is 17.1 Å². The van der Waals surface area contributed by atoms with Gasteiger partial charge in [0.2, 0.25) is 0 Å². The van der Waals surface area contributed by atoms with Gasteiger partial charge in [-0.3, -0.25) is 9.69 Å². The van der Waals surface area contributed by atoms with Crippen molar-refractivity contribution in [2.75, 3.05) is 25.5 Å². The van der Waals surface area contributed by atoms with Gasteiger partial charge in [0.05, 0.1) is 16.2 Å². The number of amides is 1. The zero-order valence-electron chi connectivity index (χ0n) is 18.6. The summed E-state index contributed by atoms with van der Waals surface area (Å²) in [4.78, 5) is 32.9. The second-order valence-electron chi connectivity index (χ2n) is 7.62. The van der Waals surface area contributed by atoms with Gasteiger partial charge >= 0.3 is 5.97 Å². The molecule has 1 amide bonds. The molecule has 2 heterocycles. The maximum Gasteiger partial charge on any atom is 0.335 e. The lowest BCUT2D eigenvalue weighted by molar-refractivity contribution is -0.122. The highest BCUT2D eigenvalue weighted by atomic mass is 32.2. The predicted molar refractivity (Wildman–Crippen MR) is 134 cm³/mol. The summed E-state index contributed by atoms with van der Waals surface area (Å²) < 4.78 is 2.04. The number of carbonyl (C=O) groups is 2. The molecule has 0 unspecified atom stereocenters. The Morgan fingerprint density at radius 3 is 2.39 bits per heavy atom. The Morgan fingerprint density at radius 1 is 1.09 bits per heavy atom. The van der Waals surface area contributed by atoms with E-state index in [1.54, 1.807) is 17.0 Å². The maximum absolute atomic E-state index is 13.0. The average molecular weight is 461 g/mol. The van der Waals surface area contributed by atoms with Gasteiger partial charge in [-0.1, -0.05) is 0 Å². The molecule has 168 valence electrons. The summed E-state index contributed by atoms with van der Waals surface area (Å²) in [6.45, 7) is 2.39. The first-order valence-corrected chi connectivity index (χ1v) is 11.3. The van der Waals surface area contributed by atoms with Crippen LogP contribution in [0.5, 0.6) is 0 Å². The SMILES string of the molecule is CCN1C(=O)/C(=C/c2cccn2-c2ccc(N(C)C)cc2)SC1=Nc1ccc(C(=O)O)cc1. The smallest absolute Gasteiger partial charge is 0.335 e. The number of nitrogens with zero attached hydrogens (tertiary/aromatic N) is 4. The lowest BCUT2D eigenvalue weighted by atomic mass is 10.2. The third kappa shape index (κ3) is 4.70. The molecule has 0 aliphatic carbocycles. The summed E-state index contributed by atoms with van der Waals surface area (Å²) in [5, 5.41) is 9.64. The van der Waals surface area contributed by atoms with Crippen molar-refractivity contribution in [2.45, 2.75) is 6.92 Å². The van der Waals surface area contributed by atoms with Crippen LogP contribution in [0.2, 0.25) is 0 Å². The van der Waals surface area contributed by atoms with E-state index >= 15 is 0 Å².